The minimum atomic E-state index is -3.04. The van der Waals surface area contributed by atoms with Crippen LogP contribution >= 0.6 is 0 Å². The molecule has 1 aliphatic heterocycles. The summed E-state index contributed by atoms with van der Waals surface area (Å²) in [5, 5.41) is 12.2. The van der Waals surface area contributed by atoms with E-state index in [0.717, 1.165) is 5.56 Å². The van der Waals surface area contributed by atoms with Crippen molar-refractivity contribution >= 4 is 15.7 Å². The van der Waals surface area contributed by atoms with E-state index in [-0.39, 0.29) is 23.5 Å². The van der Waals surface area contributed by atoms with Crippen LogP contribution < -0.4 is 0 Å². The highest BCUT2D eigenvalue weighted by atomic mass is 32.2. The number of nitrogens with zero attached hydrogens (tertiary/aromatic N) is 5. The van der Waals surface area contributed by atoms with Gasteiger partial charge in [0.1, 0.15) is 6.04 Å². The first kappa shape index (κ1) is 16.6. The lowest BCUT2D eigenvalue weighted by atomic mass is 10.2. The van der Waals surface area contributed by atoms with E-state index in [1.165, 1.54) is 9.70 Å². The predicted molar refractivity (Wildman–Crippen MR) is 87.8 cm³/mol. The third-order valence-corrected chi connectivity index (χ3v) is 6.02. The van der Waals surface area contributed by atoms with Crippen molar-refractivity contribution in [2.24, 2.45) is 0 Å². The molecule has 1 amide bonds. The number of carbonyl (C=O) groups excluding carboxylic acids is 1. The Kier molecular flexibility index (Phi) is 4.35. The number of sulfone groups is 1. The first-order valence-electron chi connectivity index (χ1n) is 7.69. The molecule has 3 rings (SSSR count). The van der Waals surface area contributed by atoms with E-state index in [9.17, 15) is 13.2 Å². The zero-order valence-corrected chi connectivity index (χ0v) is 14.3. The van der Waals surface area contributed by atoms with E-state index in [1.54, 1.807) is 14.0 Å². The number of carbonyl (C=O) groups is 1. The first-order valence-corrected chi connectivity index (χ1v) is 9.51. The summed E-state index contributed by atoms with van der Waals surface area (Å²) in [5.74, 6) is 0.362. The molecule has 0 bridgehead atoms. The van der Waals surface area contributed by atoms with Crippen molar-refractivity contribution in [1.29, 1.82) is 0 Å². The first-order chi connectivity index (χ1) is 11.4. The van der Waals surface area contributed by atoms with Crippen molar-refractivity contribution in [2.45, 2.75) is 25.4 Å². The van der Waals surface area contributed by atoms with E-state index < -0.39 is 15.9 Å². The molecule has 2 atom stereocenters. The SMILES string of the molecule is CC(C(=O)N(C)C1CCS(=O)(=O)C1)n1nnc(-c2ccccc2)n1. The zero-order valence-electron chi connectivity index (χ0n) is 13.5. The summed E-state index contributed by atoms with van der Waals surface area (Å²) in [7, 11) is -1.42. The standard InChI is InChI=1S/C15H19N5O3S/c1-11(15(21)19(2)13-8-9-24(22,23)10-13)20-17-14(16-18-20)12-6-4-3-5-7-12/h3-7,11,13H,8-10H2,1-2H3. The van der Waals surface area contributed by atoms with Crippen molar-refractivity contribution in [1.82, 2.24) is 25.1 Å². The molecule has 128 valence electrons. The summed E-state index contributed by atoms with van der Waals surface area (Å²) in [4.78, 5) is 15.3. The van der Waals surface area contributed by atoms with Crippen LogP contribution in [0.2, 0.25) is 0 Å². The average Bonchev–Trinajstić information content (AvgIpc) is 3.20. The largest absolute Gasteiger partial charge is 0.340 e. The minimum absolute atomic E-state index is 0.0159. The summed E-state index contributed by atoms with van der Waals surface area (Å²) in [6.45, 7) is 1.68. The topological polar surface area (TPSA) is 98.1 Å². The third kappa shape index (κ3) is 3.30. The van der Waals surface area contributed by atoms with Gasteiger partial charge in [0.15, 0.2) is 9.84 Å². The molecule has 0 aliphatic carbocycles. The Morgan fingerprint density at radius 2 is 2.04 bits per heavy atom. The van der Waals surface area contributed by atoms with Crippen molar-refractivity contribution in [3.05, 3.63) is 30.3 Å². The number of tetrazole rings is 1. The second kappa shape index (κ2) is 6.31. The molecule has 0 radical (unpaired) electrons. The molecule has 1 aliphatic rings. The van der Waals surface area contributed by atoms with Crippen molar-refractivity contribution < 1.29 is 13.2 Å². The van der Waals surface area contributed by atoms with Crippen LogP contribution in [-0.2, 0) is 14.6 Å². The highest BCUT2D eigenvalue weighted by molar-refractivity contribution is 7.91. The van der Waals surface area contributed by atoms with Crippen LogP contribution in [0.5, 0.6) is 0 Å². The van der Waals surface area contributed by atoms with Gasteiger partial charge in [0.2, 0.25) is 11.7 Å². The van der Waals surface area contributed by atoms with Crippen LogP contribution in [-0.4, -0.2) is 64.0 Å². The molecule has 1 aromatic heterocycles. The van der Waals surface area contributed by atoms with Crippen LogP contribution in [0.3, 0.4) is 0 Å². The zero-order chi connectivity index (χ0) is 17.3. The van der Waals surface area contributed by atoms with Gasteiger partial charge >= 0.3 is 0 Å². The minimum Gasteiger partial charge on any atom is -0.340 e. The molecule has 2 heterocycles. The fourth-order valence-electron chi connectivity index (χ4n) is 2.75. The predicted octanol–water partition coefficient (Wildman–Crippen LogP) is 0.547. The maximum absolute atomic E-state index is 12.6. The van der Waals surface area contributed by atoms with E-state index in [1.807, 2.05) is 30.3 Å². The van der Waals surface area contributed by atoms with Gasteiger partial charge in [-0.1, -0.05) is 30.3 Å². The Hall–Kier alpha value is -2.29. The molecule has 9 heteroatoms. The second-order valence-electron chi connectivity index (χ2n) is 5.98. The van der Waals surface area contributed by atoms with Crippen LogP contribution in [0.25, 0.3) is 11.4 Å². The number of benzene rings is 1. The second-order valence-corrected chi connectivity index (χ2v) is 8.21. The lowest BCUT2D eigenvalue weighted by Crippen LogP contribution is -2.41. The van der Waals surface area contributed by atoms with Gasteiger partial charge < -0.3 is 4.90 Å². The van der Waals surface area contributed by atoms with Gasteiger partial charge in [-0.2, -0.15) is 4.80 Å². The monoisotopic (exact) mass is 349 g/mol. The van der Waals surface area contributed by atoms with Gasteiger partial charge in [-0.05, 0) is 18.6 Å². The van der Waals surface area contributed by atoms with Crippen LogP contribution in [0.1, 0.15) is 19.4 Å². The van der Waals surface area contributed by atoms with Gasteiger partial charge in [-0.15, -0.1) is 10.2 Å². The van der Waals surface area contributed by atoms with Crippen molar-refractivity contribution in [2.75, 3.05) is 18.6 Å². The molecule has 8 nitrogen and oxygen atoms in total. The normalized spacial score (nSPS) is 20.7. The molecule has 0 spiro atoms. The van der Waals surface area contributed by atoms with E-state index in [0.29, 0.717) is 12.2 Å². The molecular formula is C15H19N5O3S. The Morgan fingerprint density at radius 3 is 2.67 bits per heavy atom. The summed E-state index contributed by atoms with van der Waals surface area (Å²) >= 11 is 0. The van der Waals surface area contributed by atoms with Crippen molar-refractivity contribution in [3.63, 3.8) is 0 Å². The Bertz CT molecular complexity index is 834. The van der Waals surface area contributed by atoms with Gasteiger partial charge in [0.05, 0.1) is 11.5 Å². The number of likely N-dealkylation sites (N-methyl/N-ethyl adjacent to an activating group) is 1. The van der Waals surface area contributed by atoms with Crippen LogP contribution in [0, 0.1) is 0 Å². The van der Waals surface area contributed by atoms with Crippen LogP contribution in [0.4, 0.5) is 0 Å². The lowest BCUT2D eigenvalue weighted by molar-refractivity contribution is -0.135. The molecule has 1 aromatic carbocycles. The number of hydrogen-bond donors (Lipinski definition) is 0. The summed E-state index contributed by atoms with van der Waals surface area (Å²) in [6, 6.07) is 8.43. The Morgan fingerprint density at radius 1 is 1.33 bits per heavy atom. The van der Waals surface area contributed by atoms with Crippen LogP contribution in [0.15, 0.2) is 30.3 Å². The van der Waals surface area contributed by atoms with Gasteiger partial charge in [0.25, 0.3) is 0 Å². The maximum Gasteiger partial charge on any atom is 0.249 e. The highest BCUT2D eigenvalue weighted by Crippen LogP contribution is 2.20. The summed E-state index contributed by atoms with van der Waals surface area (Å²) in [5.41, 5.74) is 0.818. The Labute approximate surface area is 140 Å². The smallest absolute Gasteiger partial charge is 0.249 e. The summed E-state index contributed by atoms with van der Waals surface area (Å²) in [6.07, 6.45) is 0.470. The van der Waals surface area contributed by atoms with E-state index in [2.05, 4.69) is 15.4 Å². The van der Waals surface area contributed by atoms with Gasteiger partial charge in [-0.3, -0.25) is 4.79 Å². The van der Waals surface area contributed by atoms with Gasteiger partial charge in [-0.25, -0.2) is 8.42 Å². The van der Waals surface area contributed by atoms with E-state index in [4.69, 9.17) is 0 Å². The molecule has 2 aromatic rings. The maximum atomic E-state index is 12.6. The van der Waals surface area contributed by atoms with Gasteiger partial charge in [0, 0.05) is 18.7 Å². The highest BCUT2D eigenvalue weighted by Gasteiger charge is 2.35. The number of hydrogen-bond acceptors (Lipinski definition) is 6. The molecule has 24 heavy (non-hydrogen) atoms. The molecule has 2 unspecified atom stereocenters. The quantitative estimate of drug-likeness (QED) is 0.799. The van der Waals surface area contributed by atoms with E-state index >= 15 is 0 Å². The Balaban J connectivity index is 1.73. The summed E-state index contributed by atoms with van der Waals surface area (Å²) < 4.78 is 23.2. The molecule has 0 N–H and O–H groups in total. The fraction of sp³-hybridized carbons (Fsp3) is 0.467. The molecule has 0 saturated carbocycles. The number of aromatic nitrogens is 4. The number of rotatable bonds is 4. The average molecular weight is 349 g/mol. The lowest BCUT2D eigenvalue weighted by Gasteiger charge is -2.25. The molecular weight excluding hydrogens is 330 g/mol. The number of amides is 1. The fourth-order valence-corrected chi connectivity index (χ4v) is 4.52. The molecule has 1 fully saturated rings. The third-order valence-electron chi connectivity index (χ3n) is 4.27. The van der Waals surface area contributed by atoms with Crippen molar-refractivity contribution in [3.8, 4) is 11.4 Å². The molecule has 1 saturated heterocycles.